The maximum atomic E-state index is 9.87. The summed E-state index contributed by atoms with van der Waals surface area (Å²) < 4.78 is 0.438. The number of aromatic hydroxyl groups is 1. The number of hydrogen-bond donors (Lipinski definition) is 2. The molecule has 0 radical (unpaired) electrons. The monoisotopic (exact) mass is 388 g/mol. The Morgan fingerprint density at radius 1 is 1.22 bits per heavy atom. The lowest BCUT2D eigenvalue weighted by Gasteiger charge is -2.52. The lowest BCUT2D eigenvalue weighted by atomic mass is 9.60. The van der Waals surface area contributed by atoms with Gasteiger partial charge in [-0.2, -0.15) is 11.8 Å². The highest BCUT2D eigenvalue weighted by Crippen LogP contribution is 2.61. The molecule has 2 N–H and O–H groups in total. The fourth-order valence-corrected chi connectivity index (χ4v) is 7.93. The molecule has 0 bridgehead atoms. The first-order valence-corrected chi connectivity index (χ1v) is 12.0. The third-order valence-corrected chi connectivity index (χ3v) is 9.24. The van der Waals surface area contributed by atoms with Gasteiger partial charge in [0.1, 0.15) is 5.75 Å². The van der Waals surface area contributed by atoms with E-state index in [0.717, 1.165) is 24.8 Å². The average Bonchev–Trinajstić information content (AvgIpc) is 3.03. The van der Waals surface area contributed by atoms with E-state index < -0.39 is 0 Å². The van der Waals surface area contributed by atoms with Gasteiger partial charge in [0.25, 0.3) is 0 Å². The van der Waals surface area contributed by atoms with Crippen LogP contribution in [0.15, 0.2) is 18.2 Å². The smallest absolute Gasteiger partial charge is 0.115 e. The van der Waals surface area contributed by atoms with E-state index >= 15 is 0 Å². The number of nitrogens with one attached hydrogen (secondary N) is 1. The van der Waals surface area contributed by atoms with Crippen molar-refractivity contribution < 1.29 is 5.11 Å². The molecular formula is C23H36N2OS. The molecule has 3 nitrogen and oxygen atoms in total. The van der Waals surface area contributed by atoms with E-state index in [4.69, 9.17) is 0 Å². The topological polar surface area (TPSA) is 35.5 Å². The Kier molecular flexibility index (Phi) is 5.78. The van der Waals surface area contributed by atoms with Crippen LogP contribution in [0.5, 0.6) is 5.75 Å². The minimum Gasteiger partial charge on any atom is -0.508 e. The first-order valence-electron chi connectivity index (χ1n) is 10.8. The molecule has 0 spiro atoms. The summed E-state index contributed by atoms with van der Waals surface area (Å²) in [5.41, 5.74) is 2.95. The minimum absolute atomic E-state index is 0.435. The highest BCUT2D eigenvalue weighted by atomic mass is 32.2. The number of nitrogens with zero attached hydrogens (tertiary/aromatic N) is 1. The quantitative estimate of drug-likeness (QED) is 0.714. The number of phenolic OH excluding ortho intramolecular Hbond substituents is 1. The zero-order chi connectivity index (χ0) is 19.0. The molecular weight excluding hydrogens is 352 g/mol. The SMILES string of the molecule is CS[C@]12CCC3c4ccc(O)cc4CCC3C1CCC2NCCCN(C)C. The molecule has 2 saturated carbocycles. The predicted octanol–water partition coefficient (Wildman–Crippen LogP) is 4.25. The van der Waals surface area contributed by atoms with Crippen LogP contribution < -0.4 is 5.32 Å². The van der Waals surface area contributed by atoms with Gasteiger partial charge in [-0.25, -0.2) is 0 Å². The van der Waals surface area contributed by atoms with Crippen molar-refractivity contribution in [2.75, 3.05) is 33.4 Å². The van der Waals surface area contributed by atoms with E-state index in [1.807, 2.05) is 12.1 Å². The summed E-state index contributed by atoms with van der Waals surface area (Å²) >= 11 is 2.16. The maximum absolute atomic E-state index is 9.87. The molecule has 3 aliphatic carbocycles. The van der Waals surface area contributed by atoms with Crippen LogP contribution in [0.3, 0.4) is 0 Å². The van der Waals surface area contributed by atoms with Crippen molar-refractivity contribution in [2.24, 2.45) is 11.8 Å². The van der Waals surface area contributed by atoms with Crippen molar-refractivity contribution in [3.63, 3.8) is 0 Å². The Hall–Kier alpha value is -0.710. The van der Waals surface area contributed by atoms with E-state index in [0.29, 0.717) is 22.5 Å². The molecule has 5 atom stereocenters. The summed E-state index contributed by atoms with van der Waals surface area (Å²) in [5.74, 6) is 2.83. The number of benzene rings is 1. The fourth-order valence-electron chi connectivity index (χ4n) is 6.53. The van der Waals surface area contributed by atoms with Crippen molar-refractivity contribution in [3.05, 3.63) is 29.3 Å². The van der Waals surface area contributed by atoms with E-state index in [2.05, 4.69) is 48.4 Å². The van der Waals surface area contributed by atoms with Crippen molar-refractivity contribution in [1.82, 2.24) is 10.2 Å². The summed E-state index contributed by atoms with van der Waals surface area (Å²) in [5, 5.41) is 13.8. The summed E-state index contributed by atoms with van der Waals surface area (Å²) in [4.78, 5) is 2.28. The molecule has 1 aromatic carbocycles. The molecule has 4 rings (SSSR count). The van der Waals surface area contributed by atoms with Crippen molar-refractivity contribution in [3.8, 4) is 5.75 Å². The lowest BCUT2D eigenvalue weighted by Crippen LogP contribution is -2.53. The molecule has 1 aromatic rings. The Labute approximate surface area is 169 Å². The normalized spacial score (nSPS) is 35.0. The molecule has 0 heterocycles. The molecule has 0 amide bonds. The summed E-state index contributed by atoms with van der Waals surface area (Å²) in [6.45, 7) is 2.32. The van der Waals surface area contributed by atoms with Gasteiger partial charge in [0.2, 0.25) is 0 Å². The van der Waals surface area contributed by atoms with Gasteiger partial charge in [-0.15, -0.1) is 0 Å². The fraction of sp³-hybridized carbons (Fsp3) is 0.739. The molecule has 150 valence electrons. The van der Waals surface area contributed by atoms with Gasteiger partial charge in [-0.05, 0) is 119 Å². The van der Waals surface area contributed by atoms with E-state index in [-0.39, 0.29) is 0 Å². The highest BCUT2D eigenvalue weighted by molar-refractivity contribution is 8.00. The van der Waals surface area contributed by atoms with E-state index in [1.165, 1.54) is 50.6 Å². The zero-order valence-electron chi connectivity index (χ0n) is 17.2. The Bertz CT molecular complexity index is 664. The van der Waals surface area contributed by atoms with Crippen LogP contribution in [0.1, 0.15) is 55.6 Å². The Morgan fingerprint density at radius 2 is 2.07 bits per heavy atom. The summed E-state index contributed by atoms with van der Waals surface area (Å²) in [7, 11) is 4.33. The first-order chi connectivity index (χ1) is 13.0. The van der Waals surface area contributed by atoms with Crippen molar-refractivity contribution in [2.45, 2.75) is 61.7 Å². The molecule has 4 heteroatoms. The maximum Gasteiger partial charge on any atom is 0.115 e. The number of rotatable bonds is 6. The van der Waals surface area contributed by atoms with Crippen molar-refractivity contribution in [1.29, 1.82) is 0 Å². The first kappa shape index (κ1) is 19.6. The molecule has 0 aliphatic heterocycles. The highest BCUT2D eigenvalue weighted by Gasteiger charge is 2.56. The number of aryl methyl sites for hydroxylation is 1. The second-order valence-electron chi connectivity index (χ2n) is 9.24. The molecule has 2 fully saturated rings. The van der Waals surface area contributed by atoms with Gasteiger partial charge < -0.3 is 15.3 Å². The second kappa shape index (κ2) is 7.96. The number of thioether (sulfide) groups is 1. The van der Waals surface area contributed by atoms with Gasteiger partial charge in [0.05, 0.1) is 0 Å². The largest absolute Gasteiger partial charge is 0.508 e. The second-order valence-corrected chi connectivity index (χ2v) is 10.4. The van der Waals surface area contributed by atoms with Crippen LogP contribution in [-0.2, 0) is 6.42 Å². The molecule has 3 aliphatic rings. The predicted molar refractivity (Wildman–Crippen MR) is 116 cm³/mol. The Balaban J connectivity index is 1.49. The van der Waals surface area contributed by atoms with E-state index in [1.54, 1.807) is 5.56 Å². The average molecular weight is 389 g/mol. The summed E-state index contributed by atoms with van der Waals surface area (Å²) in [6, 6.07) is 6.83. The molecule has 4 unspecified atom stereocenters. The van der Waals surface area contributed by atoms with Gasteiger partial charge in [-0.3, -0.25) is 0 Å². The van der Waals surface area contributed by atoms with Crippen LogP contribution in [0.4, 0.5) is 0 Å². The van der Waals surface area contributed by atoms with Gasteiger partial charge >= 0.3 is 0 Å². The number of hydrogen-bond acceptors (Lipinski definition) is 4. The van der Waals surface area contributed by atoms with Crippen molar-refractivity contribution >= 4 is 11.8 Å². The van der Waals surface area contributed by atoms with Crippen LogP contribution in [0.2, 0.25) is 0 Å². The third kappa shape index (κ3) is 3.54. The standard InChI is InChI=1S/C23H36N2OS/c1-25(2)14-4-13-24-22-10-9-21-20-7-5-16-15-17(26)6-8-18(16)19(20)11-12-23(21,22)27-3/h6,8,15,19-22,24,26H,4-5,7,9-14H2,1-3H3/t19?,20?,21?,22?,23-/m1/s1. The number of fused-ring (bicyclic) bond motifs is 5. The number of phenols is 1. The lowest BCUT2D eigenvalue weighted by molar-refractivity contribution is 0.146. The van der Waals surface area contributed by atoms with Crippen LogP contribution in [0, 0.1) is 11.8 Å². The van der Waals surface area contributed by atoms with Gasteiger partial charge in [0.15, 0.2) is 0 Å². The van der Waals surface area contributed by atoms with Gasteiger partial charge in [0, 0.05) is 10.8 Å². The van der Waals surface area contributed by atoms with Gasteiger partial charge in [-0.1, -0.05) is 6.07 Å². The zero-order valence-corrected chi connectivity index (χ0v) is 18.0. The molecule has 0 saturated heterocycles. The Morgan fingerprint density at radius 3 is 2.85 bits per heavy atom. The van der Waals surface area contributed by atoms with Crippen LogP contribution in [0.25, 0.3) is 0 Å². The summed E-state index contributed by atoms with van der Waals surface area (Å²) in [6.07, 6.45) is 11.4. The molecule has 27 heavy (non-hydrogen) atoms. The van der Waals surface area contributed by atoms with E-state index in [9.17, 15) is 5.11 Å². The minimum atomic E-state index is 0.435. The molecule has 0 aromatic heterocycles. The third-order valence-electron chi connectivity index (χ3n) is 7.69. The van der Waals surface area contributed by atoms with Crippen LogP contribution in [-0.4, -0.2) is 54.2 Å². The van der Waals surface area contributed by atoms with Crippen LogP contribution >= 0.6 is 11.8 Å².